The summed E-state index contributed by atoms with van der Waals surface area (Å²) < 4.78 is 34.9. The quantitative estimate of drug-likeness (QED) is 0.650. The van der Waals surface area contributed by atoms with Crippen molar-refractivity contribution in [3.8, 4) is 17.2 Å². The first-order chi connectivity index (χ1) is 12.5. The van der Waals surface area contributed by atoms with E-state index in [1.165, 1.54) is 6.07 Å². The van der Waals surface area contributed by atoms with Crippen LogP contribution in [0.5, 0.6) is 17.2 Å². The van der Waals surface area contributed by atoms with Crippen LogP contribution in [0, 0.1) is 6.92 Å². The van der Waals surface area contributed by atoms with Crippen LogP contribution in [-0.4, -0.2) is 17.5 Å². The first-order valence-electron chi connectivity index (χ1n) is 7.56. The molecule has 5 nitrogen and oxygen atoms in total. The highest BCUT2D eigenvalue weighted by Gasteiger charge is 2.19. The van der Waals surface area contributed by atoms with Gasteiger partial charge in [-0.1, -0.05) is 0 Å². The van der Waals surface area contributed by atoms with Crippen LogP contribution in [0.1, 0.15) is 14.5 Å². The lowest BCUT2D eigenvalue weighted by Gasteiger charge is -2.09. The Balaban J connectivity index is 1.68. The third-order valence-corrected chi connectivity index (χ3v) is 4.27. The summed E-state index contributed by atoms with van der Waals surface area (Å²) in [6, 6.07) is 11.5. The van der Waals surface area contributed by atoms with Crippen LogP contribution in [0.25, 0.3) is 0 Å². The van der Waals surface area contributed by atoms with Crippen molar-refractivity contribution < 1.29 is 23.0 Å². The fourth-order valence-corrected chi connectivity index (χ4v) is 3.01. The number of rotatable bonds is 6. The smallest absolute Gasteiger partial charge is 0.387 e. The van der Waals surface area contributed by atoms with Gasteiger partial charge in [0.25, 0.3) is 5.91 Å². The van der Waals surface area contributed by atoms with Gasteiger partial charge >= 0.3 is 6.61 Å². The Kier molecular flexibility index (Phi) is 5.43. The van der Waals surface area contributed by atoms with Crippen molar-refractivity contribution in [2.24, 2.45) is 0 Å². The molecule has 1 amide bonds. The van der Waals surface area contributed by atoms with Gasteiger partial charge in [-0.3, -0.25) is 9.78 Å². The Bertz CT molecular complexity index is 883. The van der Waals surface area contributed by atoms with Crippen LogP contribution in [-0.2, 0) is 0 Å². The lowest BCUT2D eigenvalue weighted by molar-refractivity contribution is -0.0498. The molecular weight excluding hydrogens is 362 g/mol. The van der Waals surface area contributed by atoms with E-state index in [2.05, 4.69) is 15.0 Å². The summed E-state index contributed by atoms with van der Waals surface area (Å²) in [5, 5.41) is 2.66. The van der Waals surface area contributed by atoms with Crippen molar-refractivity contribution in [2.45, 2.75) is 13.5 Å². The molecule has 0 atom stereocenters. The van der Waals surface area contributed by atoms with Gasteiger partial charge in [0.1, 0.15) is 22.1 Å². The zero-order valence-electron chi connectivity index (χ0n) is 13.6. The highest BCUT2D eigenvalue weighted by atomic mass is 32.1. The fraction of sp³-hybridized carbons (Fsp3) is 0.111. The molecule has 1 N–H and O–H groups in total. The summed E-state index contributed by atoms with van der Waals surface area (Å²) in [6.07, 6.45) is 3.23. The monoisotopic (exact) mass is 376 g/mol. The van der Waals surface area contributed by atoms with Crippen LogP contribution in [0.3, 0.4) is 0 Å². The summed E-state index contributed by atoms with van der Waals surface area (Å²) in [7, 11) is 0. The molecular formula is C18H14F2N2O3S. The Morgan fingerprint density at radius 3 is 2.42 bits per heavy atom. The number of carbonyl (C=O) groups is 1. The molecule has 3 aromatic rings. The second-order valence-electron chi connectivity index (χ2n) is 5.19. The molecule has 26 heavy (non-hydrogen) atoms. The number of pyridine rings is 1. The molecule has 0 unspecified atom stereocenters. The highest BCUT2D eigenvalue weighted by Crippen LogP contribution is 2.31. The van der Waals surface area contributed by atoms with Crippen molar-refractivity contribution in [1.82, 2.24) is 4.98 Å². The number of aromatic nitrogens is 1. The number of nitrogens with one attached hydrogen (secondary N) is 1. The molecule has 8 heteroatoms. The minimum Gasteiger partial charge on any atom is -0.457 e. The molecule has 0 radical (unpaired) electrons. The molecule has 2 aromatic heterocycles. The number of thiophene rings is 1. The van der Waals surface area contributed by atoms with Crippen molar-refractivity contribution >= 4 is 22.9 Å². The van der Waals surface area contributed by atoms with E-state index in [0.717, 1.165) is 11.3 Å². The van der Waals surface area contributed by atoms with Crippen LogP contribution in [0.2, 0.25) is 0 Å². The van der Waals surface area contributed by atoms with E-state index in [-0.39, 0.29) is 10.6 Å². The van der Waals surface area contributed by atoms with Gasteiger partial charge < -0.3 is 14.8 Å². The van der Waals surface area contributed by atoms with Gasteiger partial charge in [0, 0.05) is 23.0 Å². The lowest BCUT2D eigenvalue weighted by Crippen LogP contribution is -2.12. The zero-order chi connectivity index (χ0) is 18.5. The van der Waals surface area contributed by atoms with Crippen LogP contribution in [0.15, 0.2) is 54.9 Å². The van der Waals surface area contributed by atoms with E-state index in [1.807, 2.05) is 0 Å². The summed E-state index contributed by atoms with van der Waals surface area (Å²) >= 11 is 1.09. The first-order valence-corrected chi connectivity index (χ1v) is 8.37. The normalized spacial score (nSPS) is 10.6. The largest absolute Gasteiger partial charge is 0.457 e. The number of halogens is 2. The van der Waals surface area contributed by atoms with Gasteiger partial charge in [0.2, 0.25) is 0 Å². The van der Waals surface area contributed by atoms with Gasteiger partial charge in [-0.25, -0.2) is 0 Å². The highest BCUT2D eigenvalue weighted by molar-refractivity contribution is 7.14. The molecule has 0 saturated carbocycles. The minimum absolute atomic E-state index is 0.0971. The number of aryl methyl sites for hydroxylation is 1. The van der Waals surface area contributed by atoms with E-state index in [0.29, 0.717) is 22.1 Å². The minimum atomic E-state index is -2.99. The predicted molar refractivity (Wildman–Crippen MR) is 94.4 cm³/mol. The average molecular weight is 376 g/mol. The van der Waals surface area contributed by atoms with Gasteiger partial charge in [-0.05, 0) is 49.4 Å². The molecule has 3 rings (SSSR count). The molecule has 0 saturated heterocycles. The van der Waals surface area contributed by atoms with Crippen LogP contribution >= 0.6 is 11.3 Å². The van der Waals surface area contributed by atoms with Crippen molar-refractivity contribution in [2.75, 3.05) is 5.32 Å². The summed E-state index contributed by atoms with van der Waals surface area (Å²) in [5.41, 5.74) is 0.506. The van der Waals surface area contributed by atoms with Crippen molar-refractivity contribution in [1.29, 1.82) is 0 Å². The fourth-order valence-electron chi connectivity index (χ4n) is 2.17. The van der Waals surface area contributed by atoms with E-state index in [1.54, 1.807) is 55.7 Å². The third kappa shape index (κ3) is 4.54. The maximum absolute atomic E-state index is 12.5. The van der Waals surface area contributed by atoms with E-state index >= 15 is 0 Å². The van der Waals surface area contributed by atoms with Gasteiger partial charge in [-0.15, -0.1) is 11.3 Å². The molecule has 134 valence electrons. The van der Waals surface area contributed by atoms with Gasteiger partial charge in [0.15, 0.2) is 0 Å². The Hall–Kier alpha value is -3.00. The summed E-state index contributed by atoms with van der Waals surface area (Å²) in [6.45, 7) is -1.27. The number of carbonyl (C=O) groups excluding carboxylic acids is 1. The molecule has 0 aliphatic carbocycles. The number of benzene rings is 1. The average Bonchev–Trinajstić information content (AvgIpc) is 2.97. The molecule has 2 heterocycles. The van der Waals surface area contributed by atoms with E-state index in [4.69, 9.17) is 4.74 Å². The summed E-state index contributed by atoms with van der Waals surface area (Å²) in [4.78, 5) is 17.0. The lowest BCUT2D eigenvalue weighted by atomic mass is 10.3. The third-order valence-electron chi connectivity index (χ3n) is 3.24. The van der Waals surface area contributed by atoms with Crippen LogP contribution < -0.4 is 14.8 Å². The number of ether oxygens (including phenoxy) is 2. The maximum Gasteiger partial charge on any atom is 0.387 e. The Morgan fingerprint density at radius 2 is 1.77 bits per heavy atom. The summed E-state index contributed by atoms with van der Waals surface area (Å²) in [5.74, 6) is 0.585. The number of hydrogen-bond donors (Lipinski definition) is 1. The van der Waals surface area contributed by atoms with Crippen LogP contribution in [0.4, 0.5) is 14.5 Å². The van der Waals surface area contributed by atoms with Gasteiger partial charge in [-0.2, -0.15) is 8.78 Å². The zero-order valence-corrected chi connectivity index (χ0v) is 14.4. The number of nitrogens with zero attached hydrogens (tertiary/aromatic N) is 1. The maximum atomic E-state index is 12.5. The molecule has 0 spiro atoms. The van der Waals surface area contributed by atoms with E-state index in [9.17, 15) is 13.6 Å². The van der Waals surface area contributed by atoms with Gasteiger partial charge in [0.05, 0.1) is 0 Å². The van der Waals surface area contributed by atoms with Crippen molar-refractivity contribution in [3.63, 3.8) is 0 Å². The second kappa shape index (κ2) is 7.92. The second-order valence-corrected chi connectivity index (χ2v) is 6.45. The molecule has 0 aliphatic heterocycles. The Labute approximate surface area is 152 Å². The van der Waals surface area contributed by atoms with E-state index < -0.39 is 12.5 Å². The Morgan fingerprint density at radius 1 is 1.12 bits per heavy atom. The number of anilines is 1. The number of hydrogen-bond acceptors (Lipinski definition) is 5. The first kappa shape index (κ1) is 17.8. The SMILES string of the molecule is Cc1cc(OC(F)F)c(C(=O)Nc2ccc(Oc3ccncc3)cc2)s1. The molecule has 0 fully saturated rings. The number of amides is 1. The molecule has 0 aliphatic rings. The standard InChI is InChI=1S/C18H14F2N2O3S/c1-11-10-15(25-18(19)20)16(26-11)17(23)22-12-2-4-13(5-3-12)24-14-6-8-21-9-7-14/h2-10,18H,1H3,(H,22,23). The number of alkyl halides is 2. The molecule has 1 aromatic carbocycles. The van der Waals surface area contributed by atoms with Crippen molar-refractivity contribution in [3.05, 3.63) is 64.6 Å². The predicted octanol–water partition coefficient (Wildman–Crippen LogP) is 5.10. The topological polar surface area (TPSA) is 60.5 Å². The molecule has 0 bridgehead atoms.